The number of pyridine rings is 1. The molecule has 6 rings (SSSR count). The van der Waals surface area contributed by atoms with Gasteiger partial charge in [0, 0.05) is 40.8 Å². The minimum Gasteiger partial charge on any atom is -0.325 e. The van der Waals surface area contributed by atoms with Crippen LogP contribution in [0.25, 0.3) is 21.0 Å². The maximum Gasteiger partial charge on any atom is 0.238 e. The summed E-state index contributed by atoms with van der Waals surface area (Å²) in [6, 6.07) is 19.1. The van der Waals surface area contributed by atoms with E-state index in [1.54, 1.807) is 29.2 Å². The largest absolute Gasteiger partial charge is 0.325 e. The van der Waals surface area contributed by atoms with E-state index in [0.29, 0.717) is 29.5 Å². The van der Waals surface area contributed by atoms with Crippen molar-refractivity contribution in [1.29, 1.82) is 0 Å². The van der Waals surface area contributed by atoms with Gasteiger partial charge in [-0.05, 0) is 41.5 Å². The van der Waals surface area contributed by atoms with Crippen molar-refractivity contribution in [3.05, 3.63) is 94.7 Å². The average molecular weight is 528 g/mol. The van der Waals surface area contributed by atoms with Crippen LogP contribution >= 0.6 is 22.9 Å². The van der Waals surface area contributed by atoms with E-state index >= 15 is 0 Å². The number of fused-ring (bicyclic) bond motifs is 3. The summed E-state index contributed by atoms with van der Waals surface area (Å²) < 4.78 is 1.07. The lowest BCUT2D eigenvalue weighted by atomic mass is 9.89. The molecule has 0 spiro atoms. The number of benzene rings is 3. The van der Waals surface area contributed by atoms with Crippen LogP contribution in [0.3, 0.4) is 0 Å². The molecule has 2 aromatic heterocycles. The normalized spacial score (nSPS) is 15.4. The van der Waals surface area contributed by atoms with Crippen molar-refractivity contribution in [1.82, 2.24) is 14.9 Å². The van der Waals surface area contributed by atoms with Crippen LogP contribution in [0.4, 0.5) is 11.4 Å². The second-order valence-electron chi connectivity index (χ2n) is 9.05. The van der Waals surface area contributed by atoms with E-state index in [9.17, 15) is 9.59 Å². The van der Waals surface area contributed by atoms with Gasteiger partial charge in [0.15, 0.2) is 0 Å². The Balaban J connectivity index is 1.22. The Bertz CT molecular complexity index is 1650. The molecule has 0 radical (unpaired) electrons. The fourth-order valence-electron chi connectivity index (χ4n) is 4.82. The molecule has 1 atom stereocenters. The number of carbonyl (C=O) groups is 2. The molecule has 0 saturated carbocycles. The smallest absolute Gasteiger partial charge is 0.238 e. The Morgan fingerprint density at radius 3 is 2.86 bits per heavy atom. The van der Waals surface area contributed by atoms with Gasteiger partial charge in [0.1, 0.15) is 0 Å². The second kappa shape index (κ2) is 9.89. The summed E-state index contributed by atoms with van der Waals surface area (Å²) in [5.74, 6) is -0.814. The molecule has 3 heterocycles. The standard InChI is InChI=1S/C28H22ClN5O2S/c29-19-6-5-18-13-34(15-27(35)32-20-7-8-26-24(10-20)31-16-37-26)14-23(22(18)9-19)28(36)33-25-12-30-11-17-3-1-2-4-21(17)25/h1-12,16,23H,13-15H2,(H,32,35)(H,33,36)/t23-/m1/s1. The molecule has 5 aromatic rings. The van der Waals surface area contributed by atoms with E-state index in [2.05, 4.69) is 20.6 Å². The SMILES string of the molecule is O=C(CN1Cc2ccc(Cl)cc2[C@H](C(=O)Nc2cncc3ccccc23)C1)Nc1ccc2scnc2c1. The average Bonchev–Trinajstić information content (AvgIpc) is 3.36. The molecule has 0 fully saturated rings. The van der Waals surface area contributed by atoms with Gasteiger partial charge < -0.3 is 10.6 Å². The summed E-state index contributed by atoms with van der Waals surface area (Å²) in [6.07, 6.45) is 3.43. The van der Waals surface area contributed by atoms with E-state index in [0.717, 1.165) is 32.1 Å². The number of nitrogens with one attached hydrogen (secondary N) is 2. The van der Waals surface area contributed by atoms with Gasteiger partial charge in [-0.15, -0.1) is 11.3 Å². The first-order valence-corrected chi connectivity index (χ1v) is 13.1. The van der Waals surface area contributed by atoms with E-state index in [1.165, 1.54) is 0 Å². The molecule has 1 aliphatic rings. The molecule has 3 aromatic carbocycles. The van der Waals surface area contributed by atoms with Gasteiger partial charge in [0.25, 0.3) is 0 Å². The molecule has 0 bridgehead atoms. The van der Waals surface area contributed by atoms with Gasteiger partial charge in [-0.3, -0.25) is 19.5 Å². The summed E-state index contributed by atoms with van der Waals surface area (Å²) in [7, 11) is 0. The van der Waals surface area contributed by atoms with E-state index < -0.39 is 5.92 Å². The Kier molecular flexibility index (Phi) is 6.30. The minimum absolute atomic E-state index is 0.149. The van der Waals surface area contributed by atoms with Crippen LogP contribution in [0.1, 0.15) is 17.0 Å². The first-order chi connectivity index (χ1) is 18.0. The molecule has 0 unspecified atom stereocenters. The highest BCUT2D eigenvalue weighted by atomic mass is 35.5. The molecule has 9 heteroatoms. The zero-order chi connectivity index (χ0) is 25.4. The zero-order valence-corrected chi connectivity index (χ0v) is 21.2. The summed E-state index contributed by atoms with van der Waals surface area (Å²) >= 11 is 7.86. The first-order valence-electron chi connectivity index (χ1n) is 11.8. The number of amides is 2. The third-order valence-electron chi connectivity index (χ3n) is 6.54. The number of carbonyl (C=O) groups excluding carboxylic acids is 2. The minimum atomic E-state index is -0.499. The van der Waals surface area contributed by atoms with Crippen LogP contribution < -0.4 is 10.6 Å². The summed E-state index contributed by atoms with van der Waals surface area (Å²) in [6.45, 7) is 1.08. The quantitative estimate of drug-likeness (QED) is 0.307. The number of thiazole rings is 1. The van der Waals surface area contributed by atoms with Crippen LogP contribution in [0, 0.1) is 0 Å². The number of nitrogens with zero attached hydrogens (tertiary/aromatic N) is 3. The molecular weight excluding hydrogens is 506 g/mol. The van der Waals surface area contributed by atoms with Crippen molar-refractivity contribution in [3.63, 3.8) is 0 Å². The van der Waals surface area contributed by atoms with Crippen molar-refractivity contribution in [3.8, 4) is 0 Å². The fraction of sp³-hybridized carbons (Fsp3) is 0.143. The summed E-state index contributed by atoms with van der Waals surface area (Å²) in [5, 5.41) is 8.47. The lowest BCUT2D eigenvalue weighted by molar-refractivity contribution is -0.121. The number of halogens is 1. The van der Waals surface area contributed by atoms with Crippen molar-refractivity contribution >= 4 is 67.1 Å². The van der Waals surface area contributed by atoms with Gasteiger partial charge in [0.05, 0.1) is 40.1 Å². The molecule has 0 aliphatic carbocycles. The number of anilines is 2. The second-order valence-corrected chi connectivity index (χ2v) is 10.4. The molecule has 184 valence electrons. The number of aromatic nitrogens is 2. The van der Waals surface area contributed by atoms with Crippen molar-refractivity contribution in [2.45, 2.75) is 12.5 Å². The molecule has 0 saturated heterocycles. The van der Waals surface area contributed by atoms with Gasteiger partial charge >= 0.3 is 0 Å². The van der Waals surface area contributed by atoms with Crippen LogP contribution in [0.2, 0.25) is 5.02 Å². The van der Waals surface area contributed by atoms with E-state index in [1.807, 2.05) is 65.6 Å². The van der Waals surface area contributed by atoms with Crippen LogP contribution in [0.5, 0.6) is 0 Å². The highest BCUT2D eigenvalue weighted by Crippen LogP contribution is 2.32. The van der Waals surface area contributed by atoms with E-state index in [4.69, 9.17) is 11.6 Å². The van der Waals surface area contributed by atoms with Gasteiger partial charge in [-0.25, -0.2) is 4.98 Å². The van der Waals surface area contributed by atoms with Crippen molar-refractivity contribution < 1.29 is 9.59 Å². The highest BCUT2D eigenvalue weighted by Gasteiger charge is 2.32. The molecule has 2 amide bonds. The first kappa shape index (κ1) is 23.5. The summed E-state index contributed by atoms with van der Waals surface area (Å²) in [5.41, 5.74) is 5.84. The molecule has 1 aliphatic heterocycles. The predicted molar refractivity (Wildman–Crippen MR) is 148 cm³/mol. The maximum absolute atomic E-state index is 13.6. The molecule has 37 heavy (non-hydrogen) atoms. The Hall–Kier alpha value is -3.85. The van der Waals surface area contributed by atoms with Crippen LogP contribution in [-0.4, -0.2) is 39.8 Å². The monoisotopic (exact) mass is 527 g/mol. The Labute approximate surface area is 222 Å². The molecular formula is C28H22ClN5O2S. The summed E-state index contributed by atoms with van der Waals surface area (Å²) in [4.78, 5) is 37.1. The Morgan fingerprint density at radius 1 is 1.05 bits per heavy atom. The number of rotatable bonds is 5. The van der Waals surface area contributed by atoms with E-state index in [-0.39, 0.29) is 18.4 Å². The lowest BCUT2D eigenvalue weighted by Gasteiger charge is -2.33. The Morgan fingerprint density at radius 2 is 1.95 bits per heavy atom. The molecule has 2 N–H and O–H groups in total. The predicted octanol–water partition coefficient (Wildman–Crippen LogP) is 5.67. The maximum atomic E-state index is 13.6. The lowest BCUT2D eigenvalue weighted by Crippen LogP contribution is -2.42. The van der Waals surface area contributed by atoms with Gasteiger partial charge in [-0.2, -0.15) is 0 Å². The fourth-order valence-corrected chi connectivity index (χ4v) is 5.66. The van der Waals surface area contributed by atoms with Crippen molar-refractivity contribution in [2.24, 2.45) is 0 Å². The van der Waals surface area contributed by atoms with Gasteiger partial charge in [-0.1, -0.05) is 41.9 Å². The van der Waals surface area contributed by atoms with Crippen molar-refractivity contribution in [2.75, 3.05) is 23.7 Å². The third-order valence-corrected chi connectivity index (χ3v) is 7.59. The third kappa shape index (κ3) is 4.91. The van der Waals surface area contributed by atoms with Gasteiger partial charge in [0.2, 0.25) is 11.8 Å². The topological polar surface area (TPSA) is 87.2 Å². The number of hydrogen-bond donors (Lipinski definition) is 2. The zero-order valence-electron chi connectivity index (χ0n) is 19.6. The van der Waals surface area contributed by atoms with Crippen LogP contribution in [0.15, 0.2) is 78.6 Å². The van der Waals surface area contributed by atoms with Crippen LogP contribution in [-0.2, 0) is 16.1 Å². The number of hydrogen-bond acceptors (Lipinski definition) is 6. The molecule has 7 nitrogen and oxygen atoms in total. The highest BCUT2D eigenvalue weighted by molar-refractivity contribution is 7.16.